The zero-order chi connectivity index (χ0) is 13.3. The van der Waals surface area contributed by atoms with Crippen molar-refractivity contribution >= 4 is 12.3 Å². The van der Waals surface area contributed by atoms with E-state index in [4.69, 9.17) is 25.5 Å². The van der Waals surface area contributed by atoms with Crippen molar-refractivity contribution in [3.63, 3.8) is 0 Å². The summed E-state index contributed by atoms with van der Waals surface area (Å²) >= 11 is 0. The number of aliphatic hydroxyl groups excluding tert-OH is 4. The van der Waals surface area contributed by atoms with Crippen molar-refractivity contribution in [2.45, 2.75) is 31.3 Å². The highest BCUT2D eigenvalue weighted by Gasteiger charge is 2.27. The summed E-state index contributed by atoms with van der Waals surface area (Å²) in [6.45, 7) is 0.964. The van der Waals surface area contributed by atoms with E-state index in [0.717, 1.165) is 0 Å². The number of hydrogen-bond donors (Lipinski definition) is 6. The Hall–Kier alpha value is -1.06. The zero-order valence-corrected chi connectivity index (χ0v) is 8.72. The maximum absolute atomic E-state index is 9.87. The number of nitrogens with two attached hydrogens (primary N) is 1. The van der Waals surface area contributed by atoms with Crippen LogP contribution in [0.25, 0.3) is 0 Å². The summed E-state index contributed by atoms with van der Waals surface area (Å²) in [7, 11) is 0. The molecule has 4 atom stereocenters. The van der Waals surface area contributed by atoms with Crippen LogP contribution >= 0.6 is 0 Å². The van der Waals surface area contributed by atoms with Crippen LogP contribution in [0.1, 0.15) is 6.92 Å². The molecule has 0 aliphatic rings. The molecule has 0 rings (SSSR count). The second-order valence-corrected chi connectivity index (χ2v) is 2.95. The van der Waals surface area contributed by atoms with Crippen molar-refractivity contribution in [1.29, 1.82) is 0 Å². The van der Waals surface area contributed by atoms with Gasteiger partial charge >= 0.3 is 5.97 Å². The van der Waals surface area contributed by atoms with Crippen LogP contribution in [-0.4, -0.2) is 68.7 Å². The Morgan fingerprint density at radius 1 is 1.25 bits per heavy atom. The quantitative estimate of drug-likeness (QED) is 0.271. The predicted molar refractivity (Wildman–Crippen MR) is 52.5 cm³/mol. The zero-order valence-electron chi connectivity index (χ0n) is 8.72. The average Bonchev–Trinajstić information content (AvgIpc) is 2.26. The SMILES string of the molecule is C[C@H](O)[C@H](O)[C@@H](O)[C@@H](O)C=O.NCC(=O)O. The molecular formula is C8H17NO7. The summed E-state index contributed by atoms with van der Waals surface area (Å²) < 4.78 is 0. The third kappa shape index (κ3) is 8.26. The van der Waals surface area contributed by atoms with E-state index in [1.165, 1.54) is 6.92 Å². The van der Waals surface area contributed by atoms with Gasteiger partial charge in [-0.1, -0.05) is 0 Å². The first-order valence-corrected chi connectivity index (χ1v) is 4.37. The van der Waals surface area contributed by atoms with E-state index >= 15 is 0 Å². The Morgan fingerprint density at radius 2 is 1.62 bits per heavy atom. The van der Waals surface area contributed by atoms with Crippen LogP contribution < -0.4 is 5.73 Å². The molecule has 0 aromatic heterocycles. The molecule has 8 nitrogen and oxygen atoms in total. The monoisotopic (exact) mass is 239 g/mol. The molecule has 0 aromatic rings. The number of carboxylic acids is 1. The first kappa shape index (κ1) is 17.3. The van der Waals surface area contributed by atoms with Crippen molar-refractivity contribution in [3.8, 4) is 0 Å². The predicted octanol–water partition coefficient (Wildman–Crippen LogP) is -3.32. The smallest absolute Gasteiger partial charge is 0.317 e. The molecule has 0 bridgehead atoms. The number of rotatable bonds is 5. The summed E-state index contributed by atoms with van der Waals surface area (Å²) in [6.07, 6.45) is -5.88. The molecule has 0 saturated carbocycles. The van der Waals surface area contributed by atoms with Crippen molar-refractivity contribution in [3.05, 3.63) is 0 Å². The van der Waals surface area contributed by atoms with E-state index in [9.17, 15) is 9.59 Å². The number of aliphatic carboxylic acids is 1. The number of carboxylic acid groups (broad SMARTS) is 1. The van der Waals surface area contributed by atoms with Crippen molar-refractivity contribution in [2.24, 2.45) is 5.73 Å². The largest absolute Gasteiger partial charge is 0.480 e. The highest BCUT2D eigenvalue weighted by molar-refractivity contribution is 5.68. The van der Waals surface area contributed by atoms with Gasteiger partial charge in [0, 0.05) is 0 Å². The molecule has 0 heterocycles. The molecule has 0 saturated heterocycles. The fraction of sp³-hybridized carbons (Fsp3) is 0.750. The Bertz CT molecular complexity index is 209. The molecule has 0 fully saturated rings. The third-order valence-electron chi connectivity index (χ3n) is 1.51. The molecule has 0 amide bonds. The topological polar surface area (TPSA) is 161 Å². The molecule has 0 unspecified atom stereocenters. The van der Waals surface area contributed by atoms with E-state index in [2.05, 4.69) is 5.73 Å². The molecule has 7 N–H and O–H groups in total. The van der Waals surface area contributed by atoms with Crippen LogP contribution in [-0.2, 0) is 9.59 Å². The van der Waals surface area contributed by atoms with Gasteiger partial charge in [0.2, 0.25) is 0 Å². The average molecular weight is 239 g/mol. The highest BCUT2D eigenvalue weighted by Crippen LogP contribution is 2.02. The lowest BCUT2D eigenvalue weighted by Gasteiger charge is -2.21. The van der Waals surface area contributed by atoms with E-state index in [1.807, 2.05) is 0 Å². The van der Waals surface area contributed by atoms with Gasteiger partial charge in [0.25, 0.3) is 0 Å². The first-order chi connectivity index (χ1) is 7.27. The summed E-state index contributed by atoms with van der Waals surface area (Å²) in [5.74, 6) is -0.968. The minimum atomic E-state index is -1.65. The van der Waals surface area contributed by atoms with Gasteiger partial charge in [-0.2, -0.15) is 0 Å². The third-order valence-corrected chi connectivity index (χ3v) is 1.51. The number of carbonyl (C=O) groups is 2. The molecule has 16 heavy (non-hydrogen) atoms. The van der Waals surface area contributed by atoms with Crippen LogP contribution in [0.2, 0.25) is 0 Å². The lowest BCUT2D eigenvalue weighted by molar-refractivity contribution is -0.135. The van der Waals surface area contributed by atoms with Crippen LogP contribution in [0.3, 0.4) is 0 Å². The van der Waals surface area contributed by atoms with Crippen molar-refractivity contribution < 1.29 is 35.1 Å². The second-order valence-electron chi connectivity index (χ2n) is 2.95. The van der Waals surface area contributed by atoms with Crippen molar-refractivity contribution in [2.75, 3.05) is 6.54 Å². The highest BCUT2D eigenvalue weighted by atomic mass is 16.4. The lowest BCUT2D eigenvalue weighted by atomic mass is 10.1. The number of aliphatic hydroxyl groups is 4. The van der Waals surface area contributed by atoms with Gasteiger partial charge in [-0.15, -0.1) is 0 Å². The van der Waals surface area contributed by atoms with Gasteiger partial charge in [-0.3, -0.25) is 4.79 Å². The second kappa shape index (κ2) is 9.19. The van der Waals surface area contributed by atoms with Gasteiger partial charge in [-0.05, 0) is 6.92 Å². The van der Waals surface area contributed by atoms with Crippen LogP contribution in [0.4, 0.5) is 0 Å². The fourth-order valence-electron chi connectivity index (χ4n) is 0.568. The van der Waals surface area contributed by atoms with Gasteiger partial charge < -0.3 is 36.1 Å². The van der Waals surface area contributed by atoms with Crippen LogP contribution in [0, 0.1) is 0 Å². The lowest BCUT2D eigenvalue weighted by Crippen LogP contribution is -2.43. The minimum Gasteiger partial charge on any atom is -0.480 e. The van der Waals surface area contributed by atoms with Gasteiger partial charge in [0.1, 0.15) is 18.3 Å². The summed E-state index contributed by atoms with van der Waals surface area (Å²) in [6, 6.07) is 0. The Kier molecular flexibility index (Phi) is 9.96. The Labute approximate surface area is 91.9 Å². The van der Waals surface area contributed by atoms with Gasteiger partial charge in [0.05, 0.1) is 12.6 Å². The van der Waals surface area contributed by atoms with Crippen LogP contribution in [0.15, 0.2) is 0 Å². The van der Waals surface area contributed by atoms with E-state index in [1.54, 1.807) is 0 Å². The maximum atomic E-state index is 9.87. The molecule has 0 aliphatic heterocycles. The van der Waals surface area contributed by atoms with Crippen LogP contribution in [0.5, 0.6) is 0 Å². The number of hydrogen-bond acceptors (Lipinski definition) is 7. The van der Waals surface area contributed by atoms with E-state index < -0.39 is 30.4 Å². The molecule has 0 spiro atoms. The van der Waals surface area contributed by atoms with E-state index in [0.29, 0.717) is 0 Å². The Morgan fingerprint density at radius 3 is 1.81 bits per heavy atom. The van der Waals surface area contributed by atoms with Gasteiger partial charge in [-0.25, -0.2) is 0 Å². The first-order valence-electron chi connectivity index (χ1n) is 4.37. The number of carbonyl (C=O) groups excluding carboxylic acids is 1. The van der Waals surface area contributed by atoms with Crippen molar-refractivity contribution in [1.82, 2.24) is 0 Å². The summed E-state index contributed by atoms with van der Waals surface area (Å²) in [4.78, 5) is 19.1. The van der Waals surface area contributed by atoms with Gasteiger partial charge in [0.15, 0.2) is 6.29 Å². The standard InChI is InChI=1S/C6H12O5.C2H5NO2/c1-3(8)5(10)6(11)4(9)2-7;3-1-2(4)5/h2-6,8-11H,1H3;1,3H2,(H,4,5)/t3-,4-,5-,6-;/m0./s1. The fourth-order valence-corrected chi connectivity index (χ4v) is 0.568. The summed E-state index contributed by atoms with van der Waals surface area (Å²) in [5.41, 5.74) is 4.57. The molecule has 96 valence electrons. The summed E-state index contributed by atoms with van der Waals surface area (Å²) in [5, 5.41) is 42.7. The molecule has 0 aromatic carbocycles. The molecule has 8 heteroatoms. The number of aldehydes is 1. The normalized spacial score (nSPS) is 17.4. The van der Waals surface area contributed by atoms with E-state index in [-0.39, 0.29) is 12.8 Å². The molecular weight excluding hydrogens is 222 g/mol. The maximum Gasteiger partial charge on any atom is 0.317 e. The molecule has 0 aliphatic carbocycles. The molecule has 0 radical (unpaired) electrons. The Balaban J connectivity index is 0. The minimum absolute atomic E-state index is 0.0935.